The normalized spacial score (nSPS) is 27.4. The van der Waals surface area contributed by atoms with E-state index in [9.17, 15) is 0 Å². The standard InChI is InChI=1S/C17H26N2O/c1-15-13-19-10-5-7-16(19)14-18(15)11-6-12-20-17-8-3-2-4-9-17/h2-4,8-9,15-16H,5-7,10-14H2,1H3. The molecule has 1 aromatic rings. The fourth-order valence-electron chi connectivity index (χ4n) is 3.53. The molecule has 110 valence electrons. The fraction of sp³-hybridized carbons (Fsp3) is 0.647. The van der Waals surface area contributed by atoms with Gasteiger partial charge in [0, 0.05) is 31.7 Å². The summed E-state index contributed by atoms with van der Waals surface area (Å²) < 4.78 is 5.78. The van der Waals surface area contributed by atoms with E-state index in [1.165, 1.54) is 39.0 Å². The monoisotopic (exact) mass is 274 g/mol. The number of fused-ring (bicyclic) bond motifs is 1. The van der Waals surface area contributed by atoms with Crippen LogP contribution in [0.15, 0.2) is 30.3 Å². The Balaban J connectivity index is 1.40. The van der Waals surface area contributed by atoms with E-state index in [-0.39, 0.29) is 0 Å². The Hall–Kier alpha value is -1.06. The van der Waals surface area contributed by atoms with Crippen molar-refractivity contribution in [2.75, 3.05) is 32.8 Å². The molecule has 20 heavy (non-hydrogen) atoms. The highest BCUT2D eigenvalue weighted by atomic mass is 16.5. The Kier molecular flexibility index (Phi) is 4.58. The number of nitrogens with zero attached hydrogens (tertiary/aromatic N) is 2. The third-order valence-electron chi connectivity index (χ3n) is 4.67. The molecule has 3 heteroatoms. The maximum absolute atomic E-state index is 5.78. The van der Waals surface area contributed by atoms with E-state index in [0.717, 1.165) is 24.8 Å². The molecular weight excluding hydrogens is 248 g/mol. The molecule has 0 amide bonds. The van der Waals surface area contributed by atoms with Crippen LogP contribution < -0.4 is 4.74 Å². The summed E-state index contributed by atoms with van der Waals surface area (Å²) in [6, 6.07) is 11.6. The van der Waals surface area contributed by atoms with Crippen molar-refractivity contribution < 1.29 is 4.74 Å². The first-order chi connectivity index (χ1) is 9.83. The van der Waals surface area contributed by atoms with E-state index >= 15 is 0 Å². The average molecular weight is 274 g/mol. The zero-order chi connectivity index (χ0) is 13.8. The van der Waals surface area contributed by atoms with E-state index in [1.54, 1.807) is 0 Å². The van der Waals surface area contributed by atoms with Gasteiger partial charge in [0.15, 0.2) is 0 Å². The van der Waals surface area contributed by atoms with Crippen LogP contribution in [-0.4, -0.2) is 54.7 Å². The Morgan fingerprint density at radius 1 is 1.20 bits per heavy atom. The van der Waals surface area contributed by atoms with Gasteiger partial charge in [0.2, 0.25) is 0 Å². The molecule has 0 bridgehead atoms. The zero-order valence-corrected chi connectivity index (χ0v) is 12.5. The lowest BCUT2D eigenvalue weighted by Crippen LogP contribution is -2.55. The molecular formula is C17H26N2O. The minimum absolute atomic E-state index is 0.695. The Bertz CT molecular complexity index is 409. The molecule has 2 atom stereocenters. The van der Waals surface area contributed by atoms with Gasteiger partial charge in [-0.1, -0.05) is 18.2 Å². The summed E-state index contributed by atoms with van der Waals surface area (Å²) in [5.74, 6) is 0.987. The van der Waals surface area contributed by atoms with Crippen LogP contribution in [0.5, 0.6) is 5.75 Å². The largest absolute Gasteiger partial charge is 0.494 e. The van der Waals surface area contributed by atoms with Crippen molar-refractivity contribution in [1.82, 2.24) is 9.80 Å². The SMILES string of the molecule is CC1CN2CCCC2CN1CCCOc1ccccc1. The van der Waals surface area contributed by atoms with Gasteiger partial charge in [-0.15, -0.1) is 0 Å². The van der Waals surface area contributed by atoms with E-state index < -0.39 is 0 Å². The molecule has 2 heterocycles. The number of ether oxygens (including phenoxy) is 1. The lowest BCUT2D eigenvalue weighted by molar-refractivity contribution is 0.0559. The quantitative estimate of drug-likeness (QED) is 0.768. The van der Waals surface area contributed by atoms with Crippen molar-refractivity contribution in [3.8, 4) is 5.75 Å². The van der Waals surface area contributed by atoms with E-state index in [2.05, 4.69) is 16.7 Å². The first kappa shape index (κ1) is 13.9. The van der Waals surface area contributed by atoms with Crippen molar-refractivity contribution >= 4 is 0 Å². The van der Waals surface area contributed by atoms with Crippen molar-refractivity contribution in [1.29, 1.82) is 0 Å². The first-order valence-electron chi connectivity index (χ1n) is 7.99. The van der Waals surface area contributed by atoms with Crippen LogP contribution >= 0.6 is 0 Å². The molecule has 2 aliphatic rings. The molecule has 0 radical (unpaired) electrons. The Morgan fingerprint density at radius 3 is 2.90 bits per heavy atom. The van der Waals surface area contributed by atoms with Crippen molar-refractivity contribution in [3.63, 3.8) is 0 Å². The molecule has 2 aliphatic heterocycles. The van der Waals surface area contributed by atoms with E-state index in [0.29, 0.717) is 6.04 Å². The third-order valence-corrected chi connectivity index (χ3v) is 4.67. The molecule has 0 spiro atoms. The molecule has 2 saturated heterocycles. The summed E-state index contributed by atoms with van der Waals surface area (Å²) in [6.45, 7) is 8.18. The molecule has 0 aromatic heterocycles. The van der Waals surface area contributed by atoms with Gasteiger partial charge in [-0.3, -0.25) is 9.80 Å². The van der Waals surface area contributed by atoms with Crippen molar-refractivity contribution in [2.24, 2.45) is 0 Å². The summed E-state index contributed by atoms with van der Waals surface area (Å²) in [4.78, 5) is 5.34. The number of benzene rings is 1. The van der Waals surface area contributed by atoms with Crippen LogP contribution in [0.4, 0.5) is 0 Å². The summed E-state index contributed by atoms with van der Waals surface area (Å²) >= 11 is 0. The van der Waals surface area contributed by atoms with Gasteiger partial charge < -0.3 is 4.74 Å². The number of rotatable bonds is 5. The summed E-state index contributed by atoms with van der Waals surface area (Å²) in [7, 11) is 0. The molecule has 2 fully saturated rings. The molecule has 3 rings (SSSR count). The Morgan fingerprint density at radius 2 is 2.05 bits per heavy atom. The van der Waals surface area contributed by atoms with Crippen molar-refractivity contribution in [3.05, 3.63) is 30.3 Å². The molecule has 2 unspecified atom stereocenters. The lowest BCUT2D eigenvalue weighted by atomic mass is 10.1. The molecule has 1 aromatic carbocycles. The summed E-state index contributed by atoms with van der Waals surface area (Å²) in [5, 5.41) is 0. The second-order valence-corrected chi connectivity index (χ2v) is 6.15. The maximum atomic E-state index is 5.78. The van der Waals surface area contributed by atoms with E-state index in [4.69, 9.17) is 4.74 Å². The van der Waals surface area contributed by atoms with Gasteiger partial charge in [-0.2, -0.15) is 0 Å². The molecule has 3 nitrogen and oxygen atoms in total. The summed E-state index contributed by atoms with van der Waals surface area (Å²) in [6.07, 6.45) is 3.90. The van der Waals surface area contributed by atoms with Gasteiger partial charge in [-0.05, 0) is 44.9 Å². The number of piperazine rings is 1. The van der Waals surface area contributed by atoms with Crippen LogP contribution in [0.2, 0.25) is 0 Å². The van der Waals surface area contributed by atoms with Crippen LogP contribution in [0.3, 0.4) is 0 Å². The van der Waals surface area contributed by atoms with Gasteiger partial charge in [0.1, 0.15) is 5.75 Å². The van der Waals surface area contributed by atoms with Crippen LogP contribution in [0.1, 0.15) is 26.2 Å². The summed E-state index contributed by atoms with van der Waals surface area (Å²) in [5.41, 5.74) is 0. The second kappa shape index (κ2) is 6.59. The van der Waals surface area contributed by atoms with Gasteiger partial charge in [0.05, 0.1) is 6.61 Å². The van der Waals surface area contributed by atoms with Crippen LogP contribution in [0.25, 0.3) is 0 Å². The Labute approximate surface area is 122 Å². The zero-order valence-electron chi connectivity index (χ0n) is 12.5. The van der Waals surface area contributed by atoms with Gasteiger partial charge >= 0.3 is 0 Å². The van der Waals surface area contributed by atoms with Gasteiger partial charge in [0.25, 0.3) is 0 Å². The lowest BCUT2D eigenvalue weighted by Gasteiger charge is -2.42. The fourth-order valence-corrected chi connectivity index (χ4v) is 3.53. The maximum Gasteiger partial charge on any atom is 0.119 e. The average Bonchev–Trinajstić information content (AvgIpc) is 2.91. The predicted octanol–water partition coefficient (Wildman–Crippen LogP) is 2.62. The molecule has 0 N–H and O–H groups in total. The minimum Gasteiger partial charge on any atom is -0.494 e. The van der Waals surface area contributed by atoms with Crippen molar-refractivity contribution in [2.45, 2.75) is 38.3 Å². The second-order valence-electron chi connectivity index (χ2n) is 6.15. The molecule has 0 aliphatic carbocycles. The topological polar surface area (TPSA) is 15.7 Å². The number of para-hydroxylation sites is 1. The minimum atomic E-state index is 0.695. The van der Waals surface area contributed by atoms with E-state index in [1.807, 2.05) is 30.3 Å². The van der Waals surface area contributed by atoms with Gasteiger partial charge in [-0.25, -0.2) is 0 Å². The van der Waals surface area contributed by atoms with Crippen LogP contribution in [0, 0.1) is 0 Å². The highest BCUT2D eigenvalue weighted by Crippen LogP contribution is 2.24. The molecule has 0 saturated carbocycles. The third kappa shape index (κ3) is 3.33. The number of hydrogen-bond donors (Lipinski definition) is 0. The number of hydrogen-bond acceptors (Lipinski definition) is 3. The highest BCUT2D eigenvalue weighted by Gasteiger charge is 2.33. The smallest absolute Gasteiger partial charge is 0.119 e. The van der Waals surface area contributed by atoms with Crippen LogP contribution in [-0.2, 0) is 0 Å². The first-order valence-corrected chi connectivity index (χ1v) is 7.99. The highest BCUT2D eigenvalue weighted by molar-refractivity contribution is 5.20. The predicted molar refractivity (Wildman–Crippen MR) is 82.2 cm³/mol.